The molecular formula is C17H19NOS. The molecule has 0 bridgehead atoms. The van der Waals surface area contributed by atoms with Crippen LogP contribution < -0.4 is 0 Å². The summed E-state index contributed by atoms with van der Waals surface area (Å²) in [6.07, 6.45) is 2.23. The molecule has 2 aromatic rings. The highest BCUT2D eigenvalue weighted by Gasteiger charge is 2.14. The molecule has 0 N–H and O–H groups in total. The van der Waals surface area contributed by atoms with Crippen LogP contribution in [0.2, 0.25) is 0 Å². The second kappa shape index (κ2) is 7.06. The number of carbonyl (C=O) groups is 1. The lowest BCUT2D eigenvalue weighted by molar-refractivity contribution is -0.130. The van der Waals surface area contributed by atoms with Crippen molar-refractivity contribution in [2.45, 2.75) is 19.9 Å². The van der Waals surface area contributed by atoms with Gasteiger partial charge >= 0.3 is 0 Å². The third kappa shape index (κ3) is 3.81. The first-order chi connectivity index (χ1) is 9.70. The van der Waals surface area contributed by atoms with Gasteiger partial charge in [-0.05, 0) is 29.5 Å². The molecule has 2 nitrogen and oxygen atoms in total. The summed E-state index contributed by atoms with van der Waals surface area (Å²) in [5.74, 6) is 0.146. The highest BCUT2D eigenvalue weighted by atomic mass is 32.1. The number of amides is 1. The van der Waals surface area contributed by atoms with Gasteiger partial charge < -0.3 is 4.90 Å². The van der Waals surface area contributed by atoms with Crippen LogP contribution in [-0.2, 0) is 17.8 Å². The molecule has 1 amide bonds. The zero-order chi connectivity index (χ0) is 14.4. The summed E-state index contributed by atoms with van der Waals surface area (Å²) < 4.78 is 0. The fourth-order valence-corrected chi connectivity index (χ4v) is 2.80. The van der Waals surface area contributed by atoms with E-state index in [1.54, 1.807) is 17.4 Å². The van der Waals surface area contributed by atoms with E-state index in [-0.39, 0.29) is 5.91 Å². The third-order valence-electron chi connectivity index (χ3n) is 3.23. The largest absolute Gasteiger partial charge is 0.334 e. The van der Waals surface area contributed by atoms with Crippen molar-refractivity contribution < 1.29 is 4.79 Å². The number of rotatable bonds is 6. The summed E-state index contributed by atoms with van der Waals surface area (Å²) in [6, 6.07) is 12.1. The molecule has 0 aliphatic heterocycles. The summed E-state index contributed by atoms with van der Waals surface area (Å²) >= 11 is 1.68. The Balaban J connectivity index is 2.07. The van der Waals surface area contributed by atoms with Crippen molar-refractivity contribution in [2.24, 2.45) is 0 Å². The third-order valence-corrected chi connectivity index (χ3v) is 4.09. The Bertz CT molecular complexity index is 574. The number of thiophene rings is 1. The summed E-state index contributed by atoms with van der Waals surface area (Å²) in [5.41, 5.74) is 2.26. The van der Waals surface area contributed by atoms with Crippen LogP contribution in [0.15, 0.2) is 54.4 Å². The van der Waals surface area contributed by atoms with Crippen LogP contribution in [0, 0.1) is 6.92 Å². The minimum Gasteiger partial charge on any atom is -0.334 e. The van der Waals surface area contributed by atoms with Crippen molar-refractivity contribution in [1.29, 1.82) is 0 Å². The van der Waals surface area contributed by atoms with Gasteiger partial charge in [0.1, 0.15) is 0 Å². The van der Waals surface area contributed by atoms with Gasteiger partial charge in [-0.25, -0.2) is 0 Å². The van der Waals surface area contributed by atoms with Crippen molar-refractivity contribution in [3.05, 3.63) is 70.4 Å². The quantitative estimate of drug-likeness (QED) is 0.739. The maximum Gasteiger partial charge on any atom is 0.227 e. The van der Waals surface area contributed by atoms with Gasteiger partial charge in [-0.1, -0.05) is 36.4 Å². The Kier molecular flexibility index (Phi) is 5.13. The zero-order valence-electron chi connectivity index (χ0n) is 11.7. The van der Waals surface area contributed by atoms with Gasteiger partial charge in [0.05, 0.1) is 13.0 Å². The van der Waals surface area contributed by atoms with E-state index in [1.165, 1.54) is 4.88 Å². The lowest BCUT2D eigenvalue weighted by Gasteiger charge is -2.21. The molecule has 1 heterocycles. The molecule has 0 aliphatic rings. The fraction of sp³-hybridized carbons (Fsp3) is 0.235. The van der Waals surface area contributed by atoms with Crippen LogP contribution in [0.25, 0.3) is 0 Å². The molecule has 20 heavy (non-hydrogen) atoms. The minimum atomic E-state index is 0.146. The van der Waals surface area contributed by atoms with Gasteiger partial charge in [-0.2, -0.15) is 0 Å². The molecule has 0 aliphatic carbocycles. The predicted octanol–water partition coefficient (Wildman–Crippen LogP) is 3.81. The topological polar surface area (TPSA) is 20.3 Å². The van der Waals surface area contributed by atoms with E-state index < -0.39 is 0 Å². The highest BCUT2D eigenvalue weighted by Crippen LogP contribution is 2.14. The second-order valence-corrected chi connectivity index (χ2v) is 5.78. The lowest BCUT2D eigenvalue weighted by atomic mass is 10.1. The Morgan fingerprint density at radius 3 is 2.75 bits per heavy atom. The van der Waals surface area contributed by atoms with Crippen LogP contribution >= 0.6 is 11.3 Å². The number of hydrogen-bond acceptors (Lipinski definition) is 2. The Hall–Kier alpha value is -1.87. The Morgan fingerprint density at radius 2 is 2.10 bits per heavy atom. The summed E-state index contributed by atoms with van der Waals surface area (Å²) in [6.45, 7) is 7.03. The first kappa shape index (κ1) is 14.5. The van der Waals surface area contributed by atoms with Gasteiger partial charge in [-0.15, -0.1) is 17.9 Å². The van der Waals surface area contributed by atoms with Gasteiger partial charge in [0.2, 0.25) is 5.91 Å². The maximum atomic E-state index is 12.5. The second-order valence-electron chi connectivity index (χ2n) is 4.75. The summed E-state index contributed by atoms with van der Waals surface area (Å²) in [4.78, 5) is 15.5. The van der Waals surface area contributed by atoms with Gasteiger partial charge in [0.15, 0.2) is 0 Å². The van der Waals surface area contributed by atoms with Gasteiger partial charge in [0, 0.05) is 11.4 Å². The Labute approximate surface area is 124 Å². The van der Waals surface area contributed by atoms with E-state index in [2.05, 4.69) is 12.6 Å². The van der Waals surface area contributed by atoms with Crippen molar-refractivity contribution in [2.75, 3.05) is 6.54 Å². The minimum absolute atomic E-state index is 0.146. The molecular weight excluding hydrogens is 266 g/mol. The first-order valence-corrected chi connectivity index (χ1v) is 7.54. The van der Waals surface area contributed by atoms with E-state index in [4.69, 9.17) is 0 Å². The molecule has 0 saturated carbocycles. The summed E-state index contributed by atoms with van der Waals surface area (Å²) in [5, 5.41) is 2.03. The number of aryl methyl sites for hydroxylation is 1. The smallest absolute Gasteiger partial charge is 0.227 e. The molecule has 0 radical (unpaired) electrons. The van der Waals surface area contributed by atoms with Gasteiger partial charge in [-0.3, -0.25) is 4.79 Å². The summed E-state index contributed by atoms with van der Waals surface area (Å²) in [7, 11) is 0. The number of benzene rings is 1. The molecule has 2 rings (SSSR count). The standard InChI is InChI=1S/C17H19NOS/c1-3-10-18(13-16-9-6-11-20-16)17(19)12-15-8-5-4-7-14(15)2/h3-9,11H,1,10,12-13H2,2H3. The molecule has 1 aromatic carbocycles. The van der Waals surface area contributed by atoms with Crippen LogP contribution in [0.3, 0.4) is 0 Å². The van der Waals surface area contributed by atoms with E-state index in [1.807, 2.05) is 47.5 Å². The highest BCUT2D eigenvalue weighted by molar-refractivity contribution is 7.09. The SMILES string of the molecule is C=CCN(Cc1cccs1)C(=O)Cc1ccccc1C. The van der Waals surface area contributed by atoms with Crippen molar-refractivity contribution in [3.63, 3.8) is 0 Å². The molecule has 1 aromatic heterocycles. The van der Waals surface area contributed by atoms with Crippen LogP contribution in [0.1, 0.15) is 16.0 Å². The molecule has 104 valence electrons. The van der Waals surface area contributed by atoms with E-state index in [9.17, 15) is 4.79 Å². The Morgan fingerprint density at radius 1 is 1.30 bits per heavy atom. The van der Waals surface area contributed by atoms with Crippen molar-refractivity contribution in [1.82, 2.24) is 4.90 Å². The number of hydrogen-bond donors (Lipinski definition) is 0. The molecule has 0 fully saturated rings. The monoisotopic (exact) mass is 285 g/mol. The average molecular weight is 285 g/mol. The first-order valence-electron chi connectivity index (χ1n) is 6.66. The maximum absolute atomic E-state index is 12.5. The van der Waals surface area contributed by atoms with Crippen LogP contribution in [-0.4, -0.2) is 17.4 Å². The number of nitrogens with zero attached hydrogens (tertiary/aromatic N) is 1. The number of carbonyl (C=O) groups excluding carboxylic acids is 1. The van der Waals surface area contributed by atoms with E-state index in [0.717, 1.165) is 11.1 Å². The zero-order valence-corrected chi connectivity index (χ0v) is 12.5. The molecule has 0 spiro atoms. The van der Waals surface area contributed by atoms with Crippen LogP contribution in [0.4, 0.5) is 0 Å². The molecule has 0 atom stereocenters. The molecule has 0 saturated heterocycles. The molecule has 3 heteroatoms. The van der Waals surface area contributed by atoms with E-state index in [0.29, 0.717) is 19.5 Å². The van der Waals surface area contributed by atoms with Crippen molar-refractivity contribution in [3.8, 4) is 0 Å². The van der Waals surface area contributed by atoms with Crippen LogP contribution in [0.5, 0.6) is 0 Å². The van der Waals surface area contributed by atoms with Crippen molar-refractivity contribution >= 4 is 17.2 Å². The fourth-order valence-electron chi connectivity index (χ4n) is 2.08. The molecule has 0 unspecified atom stereocenters. The van der Waals surface area contributed by atoms with Gasteiger partial charge in [0.25, 0.3) is 0 Å². The van der Waals surface area contributed by atoms with E-state index >= 15 is 0 Å². The average Bonchev–Trinajstić information content (AvgIpc) is 2.94. The lowest BCUT2D eigenvalue weighted by Crippen LogP contribution is -2.31. The normalized spacial score (nSPS) is 10.2. The predicted molar refractivity (Wildman–Crippen MR) is 84.8 cm³/mol.